The van der Waals surface area contributed by atoms with Crippen molar-refractivity contribution in [3.8, 4) is 0 Å². The molecule has 3 heterocycles. The molecule has 0 bridgehead atoms. The van der Waals surface area contributed by atoms with E-state index < -0.39 is 0 Å². The van der Waals surface area contributed by atoms with E-state index >= 15 is 0 Å². The van der Waals surface area contributed by atoms with Crippen LogP contribution in [-0.4, -0.2) is 26.5 Å². The first kappa shape index (κ1) is 15.6. The number of halogens is 1. The first-order valence-corrected chi connectivity index (χ1v) is 8.09. The maximum absolute atomic E-state index is 13.2. The average Bonchev–Trinajstić information content (AvgIpc) is 3.29. The van der Waals surface area contributed by atoms with E-state index in [4.69, 9.17) is 9.52 Å². The molecule has 0 aliphatic carbocycles. The maximum atomic E-state index is 13.2. The molecule has 128 valence electrons. The van der Waals surface area contributed by atoms with E-state index in [1.165, 1.54) is 12.1 Å². The number of allylic oxidation sites excluding steroid dienone is 1. The molecule has 0 fully saturated rings. The van der Waals surface area contributed by atoms with Crippen LogP contribution in [0.5, 0.6) is 0 Å². The van der Waals surface area contributed by atoms with Gasteiger partial charge in [-0.15, -0.1) is 0 Å². The van der Waals surface area contributed by atoms with Crippen molar-refractivity contribution < 1.29 is 13.9 Å². The molecule has 0 saturated heterocycles. The Morgan fingerprint density at radius 2 is 2.08 bits per heavy atom. The van der Waals surface area contributed by atoms with Crippen LogP contribution in [0.25, 0.3) is 5.70 Å². The maximum Gasteiger partial charge on any atom is 0.226 e. The quantitative estimate of drug-likeness (QED) is 0.747. The molecule has 1 aromatic carbocycles. The molecule has 0 unspecified atom stereocenters. The minimum atomic E-state index is -0.280. The Kier molecular flexibility index (Phi) is 4.07. The van der Waals surface area contributed by atoms with E-state index in [2.05, 4.69) is 15.4 Å². The third-order valence-electron chi connectivity index (χ3n) is 4.06. The Hall–Kier alpha value is -2.93. The lowest BCUT2D eigenvalue weighted by molar-refractivity contribution is 0.287. The van der Waals surface area contributed by atoms with E-state index in [1.807, 2.05) is 18.2 Å². The van der Waals surface area contributed by atoms with Crippen molar-refractivity contribution in [1.82, 2.24) is 14.8 Å². The molecular formula is C18H17FN4O2. The molecular weight excluding hydrogens is 323 g/mol. The fraction of sp³-hybridized carbons (Fsp3) is 0.222. The Balaban J connectivity index is 1.74. The summed E-state index contributed by atoms with van der Waals surface area (Å²) in [6.45, 7) is 0.0952. The molecule has 25 heavy (non-hydrogen) atoms. The van der Waals surface area contributed by atoms with Crippen LogP contribution in [0.15, 0.2) is 53.2 Å². The first-order valence-electron chi connectivity index (χ1n) is 8.09. The number of aliphatic hydroxyl groups is 1. The highest BCUT2D eigenvalue weighted by Gasteiger charge is 2.26. The molecule has 1 aliphatic rings. The third-order valence-corrected chi connectivity index (χ3v) is 4.06. The third kappa shape index (κ3) is 3.06. The number of hydrogen-bond donors (Lipinski definition) is 2. The summed E-state index contributed by atoms with van der Waals surface area (Å²) < 4.78 is 20.5. The molecule has 0 radical (unpaired) electrons. The zero-order valence-corrected chi connectivity index (χ0v) is 13.4. The first-order chi connectivity index (χ1) is 12.2. The van der Waals surface area contributed by atoms with Gasteiger partial charge in [-0.25, -0.2) is 9.07 Å². The van der Waals surface area contributed by atoms with Gasteiger partial charge in [0.25, 0.3) is 0 Å². The van der Waals surface area contributed by atoms with Crippen molar-refractivity contribution >= 4 is 11.6 Å². The van der Waals surface area contributed by atoms with Crippen LogP contribution in [0.3, 0.4) is 0 Å². The lowest BCUT2D eigenvalue weighted by Gasteiger charge is -2.22. The summed E-state index contributed by atoms with van der Waals surface area (Å²) in [5, 5.41) is 16.8. The number of nitrogens with one attached hydrogen (secondary N) is 1. The van der Waals surface area contributed by atoms with Crippen LogP contribution in [-0.2, 0) is 6.42 Å². The van der Waals surface area contributed by atoms with Crippen molar-refractivity contribution in [2.75, 3.05) is 11.9 Å². The molecule has 0 saturated carbocycles. The van der Waals surface area contributed by atoms with Crippen LogP contribution in [0.1, 0.15) is 29.6 Å². The van der Waals surface area contributed by atoms with E-state index in [1.54, 1.807) is 23.1 Å². The number of aliphatic hydroxyl groups excluding tert-OH is 1. The predicted molar refractivity (Wildman–Crippen MR) is 90.3 cm³/mol. The zero-order valence-electron chi connectivity index (χ0n) is 13.4. The summed E-state index contributed by atoms with van der Waals surface area (Å²) in [5.41, 5.74) is 1.67. The Bertz CT molecular complexity index is 884. The number of nitrogens with zero attached hydrogens (tertiary/aromatic N) is 3. The minimum Gasteiger partial charge on any atom is -0.467 e. The number of aryl methyl sites for hydroxylation is 1. The topological polar surface area (TPSA) is 76.1 Å². The van der Waals surface area contributed by atoms with Gasteiger partial charge >= 0.3 is 0 Å². The van der Waals surface area contributed by atoms with Gasteiger partial charge in [0.05, 0.1) is 6.26 Å². The molecule has 3 aromatic rings. The molecule has 0 amide bonds. The average molecular weight is 340 g/mol. The van der Waals surface area contributed by atoms with Gasteiger partial charge in [-0.2, -0.15) is 10.1 Å². The van der Waals surface area contributed by atoms with Crippen molar-refractivity contribution in [1.29, 1.82) is 0 Å². The van der Waals surface area contributed by atoms with Crippen LogP contribution >= 0.6 is 0 Å². The van der Waals surface area contributed by atoms with Crippen molar-refractivity contribution in [2.45, 2.75) is 18.9 Å². The highest BCUT2D eigenvalue weighted by molar-refractivity contribution is 5.76. The number of benzene rings is 1. The highest BCUT2D eigenvalue weighted by Crippen LogP contribution is 2.32. The summed E-state index contributed by atoms with van der Waals surface area (Å²) in [5.74, 6) is 1.70. The number of fused-ring (bicyclic) bond motifs is 1. The van der Waals surface area contributed by atoms with E-state index in [0.717, 1.165) is 17.0 Å². The minimum absolute atomic E-state index is 0.0952. The second kappa shape index (κ2) is 6.52. The molecule has 7 heteroatoms. The predicted octanol–water partition coefficient (Wildman–Crippen LogP) is 2.99. The second-order valence-corrected chi connectivity index (χ2v) is 5.80. The second-order valence-electron chi connectivity index (χ2n) is 5.80. The van der Waals surface area contributed by atoms with Crippen LogP contribution < -0.4 is 5.32 Å². The largest absolute Gasteiger partial charge is 0.467 e. The molecule has 1 aliphatic heterocycles. The zero-order chi connectivity index (χ0) is 17.2. The molecule has 6 nitrogen and oxygen atoms in total. The molecule has 2 aromatic heterocycles. The van der Waals surface area contributed by atoms with Crippen molar-refractivity contribution in [3.05, 3.63) is 71.7 Å². The monoisotopic (exact) mass is 340 g/mol. The van der Waals surface area contributed by atoms with Gasteiger partial charge in [-0.1, -0.05) is 0 Å². The Morgan fingerprint density at radius 3 is 2.80 bits per heavy atom. The Labute approximate surface area is 143 Å². The number of anilines is 1. The normalized spacial score (nSPS) is 16.2. The smallest absolute Gasteiger partial charge is 0.226 e. The van der Waals surface area contributed by atoms with Crippen molar-refractivity contribution in [2.24, 2.45) is 0 Å². The summed E-state index contributed by atoms with van der Waals surface area (Å²) in [6, 6.07) is 9.73. The molecule has 2 N–H and O–H groups in total. The van der Waals surface area contributed by atoms with Gasteiger partial charge in [0, 0.05) is 18.7 Å². The van der Waals surface area contributed by atoms with E-state index in [9.17, 15) is 4.39 Å². The van der Waals surface area contributed by atoms with Crippen LogP contribution in [0.2, 0.25) is 0 Å². The summed E-state index contributed by atoms with van der Waals surface area (Å²) in [6.07, 6.45) is 4.79. The summed E-state index contributed by atoms with van der Waals surface area (Å²) in [7, 11) is 0. The van der Waals surface area contributed by atoms with Gasteiger partial charge in [-0.05, 0) is 54.5 Å². The van der Waals surface area contributed by atoms with Gasteiger partial charge in [0.15, 0.2) is 5.82 Å². The molecule has 0 spiro atoms. The van der Waals surface area contributed by atoms with Crippen LogP contribution in [0, 0.1) is 5.82 Å². The molecule has 1 atom stereocenters. The Morgan fingerprint density at radius 1 is 1.24 bits per heavy atom. The fourth-order valence-corrected chi connectivity index (χ4v) is 2.84. The lowest BCUT2D eigenvalue weighted by atomic mass is 10.1. The van der Waals surface area contributed by atoms with E-state index in [0.29, 0.717) is 24.6 Å². The number of furan rings is 1. The molecule has 4 rings (SSSR count). The highest BCUT2D eigenvalue weighted by atomic mass is 19.1. The van der Waals surface area contributed by atoms with Gasteiger partial charge in [0.2, 0.25) is 5.95 Å². The van der Waals surface area contributed by atoms with Crippen molar-refractivity contribution in [3.63, 3.8) is 0 Å². The SMILES string of the molecule is OCCCc1nc2n(n1)[C@H](c1ccco1)C=C(c1ccc(F)cc1)N2. The summed E-state index contributed by atoms with van der Waals surface area (Å²) in [4.78, 5) is 4.51. The number of hydrogen-bond acceptors (Lipinski definition) is 5. The van der Waals surface area contributed by atoms with Gasteiger partial charge in [-0.3, -0.25) is 0 Å². The van der Waals surface area contributed by atoms with Gasteiger partial charge < -0.3 is 14.8 Å². The van der Waals surface area contributed by atoms with Gasteiger partial charge in [0.1, 0.15) is 17.6 Å². The number of rotatable bonds is 5. The summed E-state index contributed by atoms with van der Waals surface area (Å²) >= 11 is 0. The number of aromatic nitrogens is 3. The van der Waals surface area contributed by atoms with Crippen LogP contribution in [0.4, 0.5) is 10.3 Å². The fourth-order valence-electron chi connectivity index (χ4n) is 2.84. The van der Waals surface area contributed by atoms with E-state index in [-0.39, 0.29) is 18.5 Å². The lowest BCUT2D eigenvalue weighted by Crippen LogP contribution is -2.19. The standard InChI is InChI=1S/C18H17FN4O2/c19-13-7-5-12(6-8-13)14-11-15(16-3-2-10-25-16)23-18(20-14)21-17(22-23)4-1-9-24/h2-3,5-8,10-11,15,24H,1,4,9H2,(H,20,21,22)/t15-/m0/s1.